The highest BCUT2D eigenvalue weighted by Crippen LogP contribution is 2.19. The Morgan fingerprint density at radius 1 is 0.895 bits per heavy atom. The quantitative estimate of drug-likeness (QED) is 0.531. The summed E-state index contributed by atoms with van der Waals surface area (Å²) in [4.78, 5) is 0. The Bertz CT molecular complexity index is 232. The number of hydrogen-bond donors (Lipinski definition) is 2. The van der Waals surface area contributed by atoms with Crippen molar-refractivity contribution in [3.63, 3.8) is 0 Å². The molecule has 4 nitrogen and oxygen atoms in total. The second-order valence-electron chi connectivity index (χ2n) is 6.44. The molecule has 0 saturated heterocycles. The normalized spacial score (nSPS) is 12.6. The standard InChI is InChI=1S/C10H30N2O2Si3.2CH4/c1-15(2,3)13-17(6,7)14-16(4,5)10-12-9-8-11;;/h12H,8-11H2,1-7H3;2*1H4. The highest BCUT2D eigenvalue weighted by atomic mass is 28.5. The molecule has 0 saturated carbocycles. The maximum Gasteiger partial charge on any atom is 0.311 e. The van der Waals surface area contributed by atoms with Gasteiger partial charge in [-0.25, -0.2) is 0 Å². The molecule has 120 valence electrons. The van der Waals surface area contributed by atoms with Crippen LogP contribution in [0.3, 0.4) is 0 Å². The molecule has 0 atom stereocenters. The van der Waals surface area contributed by atoms with Crippen LogP contribution in [-0.2, 0) is 8.23 Å². The average Bonchev–Trinajstić information content (AvgIpc) is 1.96. The summed E-state index contributed by atoms with van der Waals surface area (Å²) in [5.41, 5.74) is 5.47. The van der Waals surface area contributed by atoms with Gasteiger partial charge in [-0.3, -0.25) is 0 Å². The molecule has 7 heteroatoms. The number of nitrogens with one attached hydrogen (secondary N) is 1. The Morgan fingerprint density at radius 3 is 1.74 bits per heavy atom. The zero-order chi connectivity index (χ0) is 13.7. The summed E-state index contributed by atoms with van der Waals surface area (Å²) in [6, 6.07) is 0. The van der Waals surface area contributed by atoms with Crippen LogP contribution in [0.1, 0.15) is 14.9 Å². The minimum Gasteiger partial charge on any atom is -0.437 e. The third-order valence-electron chi connectivity index (χ3n) is 1.95. The van der Waals surface area contributed by atoms with Crippen LogP contribution in [-0.4, -0.2) is 44.5 Å². The molecule has 0 rings (SSSR count). The van der Waals surface area contributed by atoms with Gasteiger partial charge in [-0.15, -0.1) is 0 Å². The van der Waals surface area contributed by atoms with Gasteiger partial charge in [0, 0.05) is 19.3 Å². The van der Waals surface area contributed by atoms with Crippen molar-refractivity contribution < 1.29 is 8.23 Å². The first-order valence-corrected chi connectivity index (χ1v) is 15.6. The first kappa shape index (κ1) is 24.5. The van der Waals surface area contributed by atoms with E-state index in [4.69, 9.17) is 14.0 Å². The Kier molecular flexibility index (Phi) is 12.2. The van der Waals surface area contributed by atoms with E-state index in [1.165, 1.54) is 0 Å². The van der Waals surface area contributed by atoms with Gasteiger partial charge in [0.25, 0.3) is 0 Å². The van der Waals surface area contributed by atoms with E-state index in [0.717, 1.165) is 12.7 Å². The molecule has 0 bridgehead atoms. The van der Waals surface area contributed by atoms with Crippen LogP contribution < -0.4 is 11.1 Å². The zero-order valence-electron chi connectivity index (χ0n) is 12.5. The van der Waals surface area contributed by atoms with Gasteiger partial charge in [-0.2, -0.15) is 0 Å². The lowest BCUT2D eigenvalue weighted by molar-refractivity contribution is 0.390. The average molecular weight is 327 g/mol. The minimum atomic E-state index is -1.98. The molecule has 3 N–H and O–H groups in total. The Morgan fingerprint density at radius 2 is 1.37 bits per heavy atom. The van der Waals surface area contributed by atoms with Crippen molar-refractivity contribution in [3.05, 3.63) is 0 Å². The van der Waals surface area contributed by atoms with Gasteiger partial charge in [-0.05, 0) is 45.8 Å². The highest BCUT2D eigenvalue weighted by molar-refractivity contribution is 6.87. The summed E-state index contributed by atoms with van der Waals surface area (Å²) in [7, 11) is -5.18. The number of rotatable bonds is 8. The van der Waals surface area contributed by atoms with Crippen molar-refractivity contribution in [2.45, 2.75) is 60.7 Å². The van der Waals surface area contributed by atoms with E-state index in [1.54, 1.807) is 0 Å². The molecule has 0 aliphatic rings. The Balaban J connectivity index is -0.00000128. The third kappa shape index (κ3) is 14.7. The molecular weight excluding hydrogens is 288 g/mol. The van der Waals surface area contributed by atoms with Gasteiger partial charge >= 0.3 is 8.56 Å². The molecule has 0 fully saturated rings. The molecule has 0 amide bonds. The fourth-order valence-electron chi connectivity index (χ4n) is 1.95. The summed E-state index contributed by atoms with van der Waals surface area (Å²) in [6.45, 7) is 17.0. The van der Waals surface area contributed by atoms with Crippen molar-refractivity contribution in [2.24, 2.45) is 5.73 Å². The summed E-state index contributed by atoms with van der Waals surface area (Å²) < 4.78 is 12.5. The van der Waals surface area contributed by atoms with E-state index in [2.05, 4.69) is 51.1 Å². The topological polar surface area (TPSA) is 56.5 Å². The predicted octanol–water partition coefficient (Wildman–Crippen LogP) is 3.12. The monoisotopic (exact) mass is 326 g/mol. The zero-order valence-corrected chi connectivity index (χ0v) is 15.5. The van der Waals surface area contributed by atoms with Crippen molar-refractivity contribution in [1.82, 2.24) is 5.32 Å². The van der Waals surface area contributed by atoms with E-state index in [9.17, 15) is 0 Å². The fraction of sp³-hybridized carbons (Fsp3) is 1.00. The van der Waals surface area contributed by atoms with Gasteiger partial charge in [0.1, 0.15) is 0 Å². The smallest absolute Gasteiger partial charge is 0.311 e. The van der Waals surface area contributed by atoms with E-state index < -0.39 is 25.2 Å². The predicted molar refractivity (Wildman–Crippen MR) is 95.9 cm³/mol. The van der Waals surface area contributed by atoms with Crippen molar-refractivity contribution >= 4 is 25.2 Å². The number of hydrogen-bond acceptors (Lipinski definition) is 4. The summed E-state index contributed by atoms with van der Waals surface area (Å²) in [5.74, 6) is 0. The molecule has 0 aromatic rings. The summed E-state index contributed by atoms with van der Waals surface area (Å²) in [5, 5.41) is 3.35. The SMILES string of the molecule is C.C.C[Si](C)(C)O[Si](C)(C)O[Si](C)(C)CNCCN. The largest absolute Gasteiger partial charge is 0.437 e. The van der Waals surface area contributed by atoms with Crippen LogP contribution >= 0.6 is 0 Å². The number of nitrogens with two attached hydrogens (primary N) is 1. The fourth-order valence-corrected chi connectivity index (χ4v) is 14.8. The summed E-state index contributed by atoms with van der Waals surface area (Å²) in [6.07, 6.45) is 0.940. The lowest BCUT2D eigenvalue weighted by Gasteiger charge is -2.37. The van der Waals surface area contributed by atoms with Gasteiger partial charge in [0.2, 0.25) is 0 Å². The van der Waals surface area contributed by atoms with Crippen LogP contribution in [0.25, 0.3) is 0 Å². The molecule has 0 aromatic carbocycles. The van der Waals surface area contributed by atoms with Gasteiger partial charge < -0.3 is 19.3 Å². The van der Waals surface area contributed by atoms with Crippen molar-refractivity contribution in [2.75, 3.05) is 19.3 Å². The van der Waals surface area contributed by atoms with E-state index in [-0.39, 0.29) is 14.9 Å². The third-order valence-corrected chi connectivity index (χ3v) is 11.6. The molecule has 0 spiro atoms. The Hall–Kier alpha value is 0.491. The molecule has 0 aliphatic heterocycles. The maximum absolute atomic E-state index is 6.33. The van der Waals surface area contributed by atoms with Gasteiger partial charge in [-0.1, -0.05) is 14.9 Å². The first-order valence-electron chi connectivity index (χ1n) is 6.29. The van der Waals surface area contributed by atoms with Crippen LogP contribution in [0, 0.1) is 0 Å². The molecule has 19 heavy (non-hydrogen) atoms. The molecular formula is C12H38N2O2Si3. The van der Waals surface area contributed by atoms with Crippen molar-refractivity contribution in [3.8, 4) is 0 Å². The van der Waals surface area contributed by atoms with E-state index in [0.29, 0.717) is 6.54 Å². The lowest BCUT2D eigenvalue weighted by atomic mass is 10.7. The van der Waals surface area contributed by atoms with Gasteiger partial charge in [0.15, 0.2) is 16.6 Å². The second kappa shape index (κ2) is 9.43. The Labute approximate surface area is 125 Å². The molecule has 0 heterocycles. The van der Waals surface area contributed by atoms with Crippen LogP contribution in [0.15, 0.2) is 0 Å². The van der Waals surface area contributed by atoms with Crippen molar-refractivity contribution in [1.29, 1.82) is 0 Å². The summed E-state index contributed by atoms with van der Waals surface area (Å²) >= 11 is 0. The van der Waals surface area contributed by atoms with Gasteiger partial charge in [0.05, 0.1) is 0 Å². The second-order valence-corrected chi connectivity index (χ2v) is 19.0. The molecule has 0 aromatic heterocycles. The maximum atomic E-state index is 6.33. The first-order chi connectivity index (χ1) is 7.47. The van der Waals surface area contributed by atoms with Crippen LogP contribution in [0.2, 0.25) is 45.8 Å². The van der Waals surface area contributed by atoms with Crippen LogP contribution in [0.5, 0.6) is 0 Å². The molecule has 0 aliphatic carbocycles. The van der Waals surface area contributed by atoms with E-state index in [1.807, 2.05) is 0 Å². The minimum absolute atomic E-state index is 0. The molecule has 0 radical (unpaired) electrons. The highest BCUT2D eigenvalue weighted by Gasteiger charge is 2.37. The lowest BCUT2D eigenvalue weighted by Crippen LogP contribution is -2.55. The molecule has 0 unspecified atom stereocenters. The van der Waals surface area contributed by atoms with E-state index >= 15 is 0 Å². The van der Waals surface area contributed by atoms with Crippen LogP contribution in [0.4, 0.5) is 0 Å².